The van der Waals surface area contributed by atoms with E-state index < -0.39 is 23.9 Å². The minimum absolute atomic E-state index is 0.119. The van der Waals surface area contributed by atoms with Crippen LogP contribution < -0.4 is 5.32 Å². The van der Waals surface area contributed by atoms with E-state index in [0.29, 0.717) is 19.4 Å². The fourth-order valence-corrected chi connectivity index (χ4v) is 2.69. The van der Waals surface area contributed by atoms with Crippen LogP contribution in [0.1, 0.15) is 25.7 Å². The quantitative estimate of drug-likeness (QED) is 0.770. The molecule has 2 fully saturated rings. The highest BCUT2D eigenvalue weighted by Gasteiger charge is 2.47. The minimum Gasteiger partial charge on any atom is -0.356 e. The molecule has 2 rings (SSSR count). The van der Waals surface area contributed by atoms with Crippen molar-refractivity contribution in [1.29, 1.82) is 0 Å². The lowest BCUT2D eigenvalue weighted by Gasteiger charge is -2.32. The van der Waals surface area contributed by atoms with Crippen molar-refractivity contribution in [2.75, 3.05) is 19.6 Å². The highest BCUT2D eigenvalue weighted by molar-refractivity contribution is 5.86. The number of carbonyl (C=O) groups is 2. The summed E-state index contributed by atoms with van der Waals surface area (Å²) in [6.45, 7) is 0.965. The fraction of sp³-hybridized carbons (Fsp3) is 0.818. The van der Waals surface area contributed by atoms with Gasteiger partial charge in [0, 0.05) is 19.6 Å². The molecule has 0 radical (unpaired) electrons. The fourth-order valence-electron chi connectivity index (χ4n) is 2.69. The van der Waals surface area contributed by atoms with E-state index in [2.05, 4.69) is 5.32 Å². The monoisotopic (exact) mass is 264 g/mol. The van der Waals surface area contributed by atoms with Crippen LogP contribution in [0, 0.1) is 5.41 Å². The summed E-state index contributed by atoms with van der Waals surface area (Å²) in [5, 5.41) is 2.72. The van der Waals surface area contributed by atoms with Crippen molar-refractivity contribution < 1.29 is 22.8 Å². The first-order valence-corrected chi connectivity index (χ1v) is 5.95. The van der Waals surface area contributed by atoms with Crippen LogP contribution in [0.5, 0.6) is 0 Å². The van der Waals surface area contributed by atoms with Gasteiger partial charge in [-0.1, -0.05) is 0 Å². The summed E-state index contributed by atoms with van der Waals surface area (Å²) in [5.74, 6) is -1.06. The Morgan fingerprint density at radius 2 is 2.11 bits per heavy atom. The standard InChI is InChI=1S/C11H15F3N2O2/c12-11(13,14)6-8(17)16-5-3-10(7-16)2-1-4-15-9(10)18/h1-7H2,(H,15,18)/t10-/m1/s1. The van der Waals surface area contributed by atoms with Crippen LogP contribution >= 0.6 is 0 Å². The van der Waals surface area contributed by atoms with Gasteiger partial charge in [-0.2, -0.15) is 13.2 Å². The molecule has 0 bridgehead atoms. The molecule has 0 aromatic carbocycles. The first kappa shape index (κ1) is 13.2. The maximum Gasteiger partial charge on any atom is 0.397 e. The molecule has 1 spiro atoms. The lowest BCUT2D eigenvalue weighted by atomic mass is 9.79. The van der Waals surface area contributed by atoms with Crippen molar-refractivity contribution in [2.45, 2.75) is 31.9 Å². The van der Waals surface area contributed by atoms with Crippen LogP contribution in [0.25, 0.3) is 0 Å². The molecule has 4 nitrogen and oxygen atoms in total. The maximum atomic E-state index is 12.1. The van der Waals surface area contributed by atoms with Gasteiger partial charge in [-0.15, -0.1) is 0 Å². The van der Waals surface area contributed by atoms with Gasteiger partial charge in [-0.25, -0.2) is 0 Å². The summed E-state index contributed by atoms with van der Waals surface area (Å²) in [5.41, 5.74) is -0.653. The van der Waals surface area contributed by atoms with Crippen LogP contribution in [0.15, 0.2) is 0 Å². The van der Waals surface area contributed by atoms with Gasteiger partial charge >= 0.3 is 6.18 Å². The largest absolute Gasteiger partial charge is 0.397 e. The molecule has 2 amide bonds. The first-order valence-electron chi connectivity index (χ1n) is 5.95. The van der Waals surface area contributed by atoms with Crippen molar-refractivity contribution >= 4 is 11.8 Å². The highest BCUT2D eigenvalue weighted by Crippen LogP contribution is 2.38. The van der Waals surface area contributed by atoms with E-state index >= 15 is 0 Å². The van der Waals surface area contributed by atoms with Gasteiger partial charge < -0.3 is 10.2 Å². The molecular formula is C11H15F3N2O2. The van der Waals surface area contributed by atoms with E-state index in [1.54, 1.807) is 0 Å². The normalized spacial score (nSPS) is 28.6. The molecule has 2 heterocycles. The molecule has 0 unspecified atom stereocenters. The Hall–Kier alpha value is -1.27. The Bertz CT molecular complexity index is 370. The summed E-state index contributed by atoms with van der Waals surface area (Å²) in [7, 11) is 0. The van der Waals surface area contributed by atoms with Gasteiger partial charge in [-0.05, 0) is 19.3 Å². The van der Waals surface area contributed by atoms with Crippen molar-refractivity contribution in [3.8, 4) is 0 Å². The molecule has 1 N–H and O–H groups in total. The Morgan fingerprint density at radius 1 is 1.39 bits per heavy atom. The number of alkyl halides is 3. The number of nitrogens with zero attached hydrogens (tertiary/aromatic N) is 1. The topological polar surface area (TPSA) is 49.4 Å². The molecule has 2 aliphatic rings. The van der Waals surface area contributed by atoms with Crippen LogP contribution in [-0.4, -0.2) is 42.5 Å². The van der Waals surface area contributed by atoms with Gasteiger partial charge in [-0.3, -0.25) is 9.59 Å². The van der Waals surface area contributed by atoms with E-state index in [-0.39, 0.29) is 19.0 Å². The van der Waals surface area contributed by atoms with E-state index in [1.807, 2.05) is 0 Å². The van der Waals surface area contributed by atoms with Gasteiger partial charge in [0.25, 0.3) is 0 Å². The molecule has 2 aliphatic heterocycles. The third kappa shape index (κ3) is 2.59. The molecule has 2 saturated heterocycles. The van der Waals surface area contributed by atoms with Gasteiger partial charge in [0.1, 0.15) is 6.42 Å². The van der Waals surface area contributed by atoms with E-state index in [1.165, 1.54) is 4.90 Å². The zero-order chi connectivity index (χ0) is 13.4. The maximum absolute atomic E-state index is 12.1. The van der Waals surface area contributed by atoms with Crippen LogP contribution in [0.2, 0.25) is 0 Å². The highest BCUT2D eigenvalue weighted by atomic mass is 19.4. The van der Waals surface area contributed by atoms with Gasteiger partial charge in [0.05, 0.1) is 5.41 Å². The lowest BCUT2D eigenvalue weighted by molar-refractivity contribution is -0.161. The smallest absolute Gasteiger partial charge is 0.356 e. The number of rotatable bonds is 1. The zero-order valence-corrected chi connectivity index (χ0v) is 9.85. The second-order valence-corrected chi connectivity index (χ2v) is 5.00. The summed E-state index contributed by atoms with van der Waals surface area (Å²) in [6.07, 6.45) is -4.00. The zero-order valence-electron chi connectivity index (χ0n) is 9.85. The first-order chi connectivity index (χ1) is 8.32. The number of halogens is 3. The third-order valence-electron chi connectivity index (χ3n) is 3.66. The number of amides is 2. The number of nitrogens with one attached hydrogen (secondary N) is 1. The van der Waals surface area contributed by atoms with Crippen LogP contribution in [-0.2, 0) is 9.59 Å². The average Bonchev–Trinajstić information content (AvgIpc) is 2.66. The lowest BCUT2D eigenvalue weighted by Crippen LogP contribution is -2.48. The summed E-state index contributed by atoms with van der Waals surface area (Å²) in [6, 6.07) is 0. The Morgan fingerprint density at radius 3 is 2.72 bits per heavy atom. The van der Waals surface area contributed by atoms with E-state index in [9.17, 15) is 22.8 Å². The van der Waals surface area contributed by atoms with Crippen molar-refractivity contribution in [1.82, 2.24) is 10.2 Å². The van der Waals surface area contributed by atoms with E-state index in [0.717, 1.165) is 6.42 Å². The third-order valence-corrected chi connectivity index (χ3v) is 3.66. The van der Waals surface area contributed by atoms with E-state index in [4.69, 9.17) is 0 Å². The van der Waals surface area contributed by atoms with Gasteiger partial charge in [0.15, 0.2) is 0 Å². The predicted molar refractivity (Wildman–Crippen MR) is 56.5 cm³/mol. The number of piperidine rings is 1. The molecule has 1 atom stereocenters. The summed E-state index contributed by atoms with van der Waals surface area (Å²) in [4.78, 5) is 24.4. The number of likely N-dealkylation sites (tertiary alicyclic amines) is 1. The van der Waals surface area contributed by atoms with Crippen LogP contribution in [0.3, 0.4) is 0 Å². The SMILES string of the molecule is O=C(CC(F)(F)F)N1CC[C@]2(CCCNC2=O)C1. The number of hydrogen-bond donors (Lipinski definition) is 1. The summed E-state index contributed by atoms with van der Waals surface area (Å²) < 4.78 is 36.4. The Balaban J connectivity index is 1.99. The second-order valence-electron chi connectivity index (χ2n) is 5.00. The Labute approximate surface area is 103 Å². The minimum atomic E-state index is -4.48. The molecular weight excluding hydrogens is 249 g/mol. The summed E-state index contributed by atoms with van der Waals surface area (Å²) >= 11 is 0. The number of carbonyl (C=O) groups excluding carboxylic acids is 2. The molecule has 0 aliphatic carbocycles. The molecule has 102 valence electrons. The molecule has 0 aromatic heterocycles. The molecule has 0 aromatic rings. The molecule has 0 saturated carbocycles. The molecule has 18 heavy (non-hydrogen) atoms. The van der Waals surface area contributed by atoms with Crippen LogP contribution in [0.4, 0.5) is 13.2 Å². The Kier molecular flexibility index (Phi) is 3.25. The average molecular weight is 264 g/mol. The van der Waals surface area contributed by atoms with Crippen molar-refractivity contribution in [3.63, 3.8) is 0 Å². The molecule has 7 heteroatoms. The van der Waals surface area contributed by atoms with Crippen molar-refractivity contribution in [2.24, 2.45) is 5.41 Å². The van der Waals surface area contributed by atoms with Crippen molar-refractivity contribution in [3.05, 3.63) is 0 Å². The second kappa shape index (κ2) is 4.44. The van der Waals surface area contributed by atoms with Gasteiger partial charge in [0.2, 0.25) is 11.8 Å². The predicted octanol–water partition coefficient (Wildman–Crippen LogP) is 1.07. The number of hydrogen-bond acceptors (Lipinski definition) is 2.